The Balaban J connectivity index is 1.76. The molecule has 1 amide bonds. The molecule has 1 saturated heterocycles. The lowest BCUT2D eigenvalue weighted by Gasteiger charge is -2.07. The van der Waals surface area contributed by atoms with Gasteiger partial charge in [-0.2, -0.15) is 18.3 Å². The highest BCUT2D eigenvalue weighted by atomic mass is 19.4. The van der Waals surface area contributed by atoms with Crippen molar-refractivity contribution in [3.63, 3.8) is 0 Å². The van der Waals surface area contributed by atoms with Crippen molar-refractivity contribution >= 4 is 11.6 Å². The van der Waals surface area contributed by atoms with E-state index in [9.17, 15) is 18.0 Å². The first-order chi connectivity index (χ1) is 9.42. The minimum absolute atomic E-state index is 0.191. The molecule has 0 aromatic carbocycles. The molecule has 0 bridgehead atoms. The van der Waals surface area contributed by atoms with E-state index in [1.165, 1.54) is 12.4 Å². The highest BCUT2D eigenvalue weighted by Crippen LogP contribution is 2.18. The SMILES string of the molecule is O=C(CCC1CCNC1)Nc1cnn(CC(F)(F)F)c1. The van der Waals surface area contributed by atoms with Gasteiger partial charge in [0.15, 0.2) is 0 Å². The maximum absolute atomic E-state index is 12.2. The van der Waals surface area contributed by atoms with Crippen LogP contribution in [0.2, 0.25) is 0 Å². The normalized spacial score (nSPS) is 19.2. The van der Waals surface area contributed by atoms with Gasteiger partial charge in [0.05, 0.1) is 11.9 Å². The van der Waals surface area contributed by atoms with Crippen molar-refractivity contribution < 1.29 is 18.0 Å². The Morgan fingerprint density at radius 3 is 3.00 bits per heavy atom. The van der Waals surface area contributed by atoms with Crippen molar-refractivity contribution in [1.29, 1.82) is 0 Å². The van der Waals surface area contributed by atoms with Crippen LogP contribution in [0.3, 0.4) is 0 Å². The van der Waals surface area contributed by atoms with E-state index in [-0.39, 0.29) is 5.91 Å². The number of rotatable bonds is 5. The fourth-order valence-corrected chi connectivity index (χ4v) is 2.22. The van der Waals surface area contributed by atoms with E-state index in [1.54, 1.807) is 0 Å². The quantitative estimate of drug-likeness (QED) is 0.869. The summed E-state index contributed by atoms with van der Waals surface area (Å²) in [5.74, 6) is 0.317. The van der Waals surface area contributed by atoms with Gasteiger partial charge in [0.2, 0.25) is 5.91 Å². The van der Waals surface area contributed by atoms with Crippen LogP contribution >= 0.6 is 0 Å². The maximum atomic E-state index is 12.2. The Hall–Kier alpha value is -1.57. The summed E-state index contributed by atoms with van der Waals surface area (Å²) in [6.45, 7) is 0.754. The zero-order chi connectivity index (χ0) is 14.6. The summed E-state index contributed by atoms with van der Waals surface area (Å²) in [5.41, 5.74) is 0.295. The number of nitrogens with one attached hydrogen (secondary N) is 2. The third kappa shape index (κ3) is 4.84. The fraction of sp³-hybridized carbons (Fsp3) is 0.667. The first kappa shape index (κ1) is 14.8. The lowest BCUT2D eigenvalue weighted by molar-refractivity contribution is -0.142. The van der Waals surface area contributed by atoms with E-state index in [1.807, 2.05) is 0 Å². The minimum Gasteiger partial charge on any atom is -0.323 e. The summed E-state index contributed by atoms with van der Waals surface area (Å²) in [7, 11) is 0. The van der Waals surface area contributed by atoms with Crippen LogP contribution in [-0.4, -0.2) is 35.0 Å². The van der Waals surface area contributed by atoms with E-state index in [0.29, 0.717) is 18.0 Å². The predicted octanol–water partition coefficient (Wildman–Crippen LogP) is 1.77. The molecule has 1 atom stereocenters. The van der Waals surface area contributed by atoms with Crippen LogP contribution in [0.5, 0.6) is 0 Å². The molecule has 1 aliphatic rings. The van der Waals surface area contributed by atoms with Gasteiger partial charge in [0.25, 0.3) is 0 Å². The highest BCUT2D eigenvalue weighted by molar-refractivity contribution is 5.90. The monoisotopic (exact) mass is 290 g/mol. The maximum Gasteiger partial charge on any atom is 0.408 e. The van der Waals surface area contributed by atoms with Gasteiger partial charge in [-0.1, -0.05) is 0 Å². The first-order valence-corrected chi connectivity index (χ1v) is 6.52. The second-order valence-corrected chi connectivity index (χ2v) is 4.99. The molecule has 0 spiro atoms. The number of halogens is 3. The summed E-state index contributed by atoms with van der Waals surface area (Å²) in [6, 6.07) is 0. The number of carbonyl (C=O) groups is 1. The molecule has 2 N–H and O–H groups in total. The van der Waals surface area contributed by atoms with Crippen LogP contribution in [0.4, 0.5) is 18.9 Å². The Morgan fingerprint density at radius 2 is 2.35 bits per heavy atom. The van der Waals surface area contributed by atoms with Crippen molar-refractivity contribution in [3.05, 3.63) is 12.4 Å². The van der Waals surface area contributed by atoms with E-state index < -0.39 is 12.7 Å². The van der Waals surface area contributed by atoms with Crippen molar-refractivity contribution in [2.24, 2.45) is 5.92 Å². The van der Waals surface area contributed by atoms with E-state index >= 15 is 0 Å². The van der Waals surface area contributed by atoms with Gasteiger partial charge in [-0.05, 0) is 31.8 Å². The molecule has 0 aliphatic carbocycles. The molecular formula is C12H17F3N4O. The average Bonchev–Trinajstić information content (AvgIpc) is 2.96. The van der Waals surface area contributed by atoms with Crippen LogP contribution in [-0.2, 0) is 11.3 Å². The molecule has 1 aromatic heterocycles. The highest BCUT2D eigenvalue weighted by Gasteiger charge is 2.28. The summed E-state index contributed by atoms with van der Waals surface area (Å²) < 4.78 is 37.2. The second kappa shape index (κ2) is 6.25. The Bertz CT molecular complexity index is 452. The van der Waals surface area contributed by atoms with Gasteiger partial charge in [-0.15, -0.1) is 0 Å². The molecule has 1 aliphatic heterocycles. The van der Waals surface area contributed by atoms with Crippen LogP contribution < -0.4 is 10.6 Å². The molecule has 2 rings (SSSR count). The topological polar surface area (TPSA) is 59.0 Å². The number of alkyl halides is 3. The number of carbonyl (C=O) groups excluding carboxylic acids is 1. The van der Waals surface area contributed by atoms with Crippen LogP contribution in [0.15, 0.2) is 12.4 Å². The Morgan fingerprint density at radius 1 is 1.55 bits per heavy atom. The van der Waals surface area contributed by atoms with E-state index in [4.69, 9.17) is 0 Å². The van der Waals surface area contributed by atoms with Gasteiger partial charge in [-0.3, -0.25) is 9.48 Å². The lowest BCUT2D eigenvalue weighted by Crippen LogP contribution is -2.18. The number of nitrogens with zero attached hydrogens (tertiary/aromatic N) is 2. The largest absolute Gasteiger partial charge is 0.408 e. The number of amides is 1. The van der Waals surface area contributed by atoms with Gasteiger partial charge in [-0.25, -0.2) is 0 Å². The number of hydrogen-bond acceptors (Lipinski definition) is 3. The summed E-state index contributed by atoms with van der Waals surface area (Å²) in [5, 5.41) is 9.35. The number of aromatic nitrogens is 2. The van der Waals surface area contributed by atoms with Gasteiger partial charge in [0.1, 0.15) is 6.54 Å². The van der Waals surface area contributed by atoms with Gasteiger partial charge < -0.3 is 10.6 Å². The standard InChI is InChI=1S/C12H17F3N4O/c13-12(14,15)8-19-7-10(6-17-19)18-11(20)2-1-9-3-4-16-5-9/h6-7,9,16H,1-5,8H2,(H,18,20). The third-order valence-corrected chi connectivity index (χ3v) is 3.20. The molecule has 112 valence electrons. The van der Waals surface area contributed by atoms with E-state index in [0.717, 1.165) is 30.6 Å². The smallest absolute Gasteiger partial charge is 0.323 e. The van der Waals surface area contributed by atoms with Gasteiger partial charge in [0, 0.05) is 12.6 Å². The van der Waals surface area contributed by atoms with Crippen LogP contribution in [0, 0.1) is 5.92 Å². The Kier molecular flexibility index (Phi) is 4.64. The van der Waals surface area contributed by atoms with Crippen molar-refractivity contribution in [2.75, 3.05) is 18.4 Å². The molecule has 1 fully saturated rings. The number of hydrogen-bond donors (Lipinski definition) is 2. The second-order valence-electron chi connectivity index (χ2n) is 4.99. The fourth-order valence-electron chi connectivity index (χ4n) is 2.22. The molecule has 0 radical (unpaired) electrons. The zero-order valence-corrected chi connectivity index (χ0v) is 10.9. The van der Waals surface area contributed by atoms with Crippen molar-refractivity contribution in [1.82, 2.24) is 15.1 Å². The summed E-state index contributed by atoms with van der Waals surface area (Å²) >= 11 is 0. The zero-order valence-electron chi connectivity index (χ0n) is 10.9. The summed E-state index contributed by atoms with van der Waals surface area (Å²) in [4.78, 5) is 11.7. The molecule has 5 nitrogen and oxygen atoms in total. The molecule has 20 heavy (non-hydrogen) atoms. The first-order valence-electron chi connectivity index (χ1n) is 6.52. The molecule has 8 heteroatoms. The molecule has 0 saturated carbocycles. The lowest BCUT2D eigenvalue weighted by atomic mass is 10.0. The van der Waals surface area contributed by atoms with Crippen LogP contribution in [0.1, 0.15) is 19.3 Å². The van der Waals surface area contributed by atoms with E-state index in [2.05, 4.69) is 15.7 Å². The molecule has 1 aromatic rings. The molecule has 2 heterocycles. The Labute approximate surface area is 114 Å². The minimum atomic E-state index is -4.32. The van der Waals surface area contributed by atoms with Crippen molar-refractivity contribution in [2.45, 2.75) is 32.0 Å². The molecule has 1 unspecified atom stereocenters. The number of anilines is 1. The third-order valence-electron chi connectivity index (χ3n) is 3.20. The van der Waals surface area contributed by atoms with Crippen molar-refractivity contribution in [3.8, 4) is 0 Å². The predicted molar refractivity (Wildman–Crippen MR) is 67.1 cm³/mol. The summed E-state index contributed by atoms with van der Waals surface area (Å²) in [6.07, 6.45) is 0.315. The average molecular weight is 290 g/mol. The van der Waals surface area contributed by atoms with Gasteiger partial charge >= 0.3 is 6.18 Å². The van der Waals surface area contributed by atoms with Crippen LogP contribution in [0.25, 0.3) is 0 Å². The molecular weight excluding hydrogens is 273 g/mol.